The number of imide groups is 1. The van der Waals surface area contributed by atoms with Crippen LogP contribution in [0.3, 0.4) is 0 Å². The van der Waals surface area contributed by atoms with Crippen LogP contribution in [-0.4, -0.2) is 39.2 Å². The lowest BCUT2D eigenvalue weighted by Gasteiger charge is -2.28. The van der Waals surface area contributed by atoms with Crippen molar-refractivity contribution in [2.45, 2.75) is 46.0 Å². The average Bonchev–Trinajstić information content (AvgIpc) is 3.19. The Morgan fingerprint density at radius 1 is 1.06 bits per heavy atom. The lowest BCUT2D eigenvalue weighted by Crippen LogP contribution is -2.43. The molecule has 3 rings (SSSR count). The molecule has 0 bridgehead atoms. The molecule has 0 unspecified atom stereocenters. The summed E-state index contributed by atoms with van der Waals surface area (Å²) in [6.45, 7) is 5.37. The molecule has 9 nitrogen and oxygen atoms in total. The molecule has 1 saturated heterocycles. The number of urea groups is 1. The molecule has 3 heterocycles. The summed E-state index contributed by atoms with van der Waals surface area (Å²) >= 11 is 0.641. The maximum absolute atomic E-state index is 13.1. The van der Waals surface area contributed by atoms with E-state index in [-0.39, 0.29) is 23.2 Å². The van der Waals surface area contributed by atoms with Crippen molar-refractivity contribution in [2.75, 3.05) is 15.5 Å². The minimum atomic E-state index is -4.60. The number of anilines is 3. The molecule has 0 aromatic carbocycles. The van der Waals surface area contributed by atoms with E-state index in [0.29, 0.717) is 16.9 Å². The fraction of sp³-hybridized carbons (Fsp3) is 0.350. The largest absolute Gasteiger partial charge is 0.417 e. The Kier molecular flexibility index (Phi) is 6.20. The molecule has 13 heteroatoms. The van der Waals surface area contributed by atoms with E-state index in [1.54, 1.807) is 0 Å². The Balaban J connectivity index is 1.95. The summed E-state index contributed by atoms with van der Waals surface area (Å²) in [5.74, 6) is -1.27. The zero-order valence-corrected chi connectivity index (χ0v) is 18.8. The Bertz CT molecular complexity index is 1110. The van der Waals surface area contributed by atoms with Gasteiger partial charge in [0.1, 0.15) is 22.2 Å². The third-order valence-corrected chi connectivity index (χ3v) is 5.70. The third kappa shape index (κ3) is 4.97. The van der Waals surface area contributed by atoms with Crippen LogP contribution in [0.25, 0.3) is 0 Å². The standard InChI is InChI=1S/C20H20F3N5O4S/c1-10(29)24-14-5-12(6-15(26-14)25-11(2)30)8-27-18(32)28(17(31)19(27,3)4)16-7-13(9-33-16)20(21,22)23/h5-7,9H,8H2,1-4H3,(H2,24,25,26,29,30). The average molecular weight is 483 g/mol. The first-order valence-corrected chi connectivity index (χ1v) is 10.5. The highest BCUT2D eigenvalue weighted by molar-refractivity contribution is 7.14. The van der Waals surface area contributed by atoms with Crippen molar-refractivity contribution >= 4 is 51.7 Å². The summed E-state index contributed by atoms with van der Waals surface area (Å²) in [6.07, 6.45) is -4.60. The zero-order chi connectivity index (χ0) is 24.7. The smallest absolute Gasteiger partial charge is 0.311 e. The van der Waals surface area contributed by atoms with E-state index in [9.17, 15) is 32.3 Å². The van der Waals surface area contributed by atoms with E-state index in [4.69, 9.17) is 0 Å². The highest BCUT2D eigenvalue weighted by atomic mass is 32.1. The van der Waals surface area contributed by atoms with E-state index < -0.39 is 41.0 Å². The number of carbonyl (C=O) groups is 4. The van der Waals surface area contributed by atoms with Gasteiger partial charge in [0, 0.05) is 25.8 Å². The van der Waals surface area contributed by atoms with Crippen LogP contribution in [0, 0.1) is 0 Å². The SMILES string of the molecule is CC(=O)Nc1cc(CN2C(=O)N(c3cc(C(F)(F)F)cs3)C(=O)C2(C)C)cc(NC(C)=O)n1. The van der Waals surface area contributed by atoms with Gasteiger partial charge >= 0.3 is 12.2 Å². The molecule has 2 aromatic rings. The molecule has 176 valence electrons. The predicted octanol–water partition coefficient (Wildman–Crippen LogP) is 3.83. The van der Waals surface area contributed by atoms with Gasteiger partial charge in [-0.1, -0.05) is 0 Å². The number of thiophene rings is 1. The summed E-state index contributed by atoms with van der Waals surface area (Å²) in [6, 6.07) is 2.90. The number of nitrogens with one attached hydrogen (secondary N) is 2. The van der Waals surface area contributed by atoms with Crippen LogP contribution in [-0.2, 0) is 27.1 Å². The number of hydrogen-bond acceptors (Lipinski definition) is 6. The number of rotatable bonds is 5. The monoisotopic (exact) mass is 483 g/mol. The second kappa shape index (κ2) is 8.46. The van der Waals surface area contributed by atoms with Gasteiger partial charge in [-0.25, -0.2) is 14.7 Å². The maximum atomic E-state index is 13.1. The van der Waals surface area contributed by atoms with E-state index >= 15 is 0 Å². The van der Waals surface area contributed by atoms with Gasteiger partial charge in [0.05, 0.1) is 5.56 Å². The Morgan fingerprint density at radius 3 is 2.06 bits per heavy atom. The van der Waals surface area contributed by atoms with Crippen LogP contribution in [0.2, 0.25) is 0 Å². The van der Waals surface area contributed by atoms with Crippen molar-refractivity contribution in [3.8, 4) is 0 Å². The molecule has 1 fully saturated rings. The Morgan fingerprint density at radius 2 is 1.61 bits per heavy atom. The van der Waals surface area contributed by atoms with Gasteiger partial charge in [-0.2, -0.15) is 13.2 Å². The van der Waals surface area contributed by atoms with E-state index in [1.807, 2.05) is 0 Å². The van der Waals surface area contributed by atoms with Crippen LogP contribution in [0.15, 0.2) is 23.6 Å². The topological polar surface area (TPSA) is 112 Å². The fourth-order valence-corrected chi connectivity index (χ4v) is 4.15. The highest BCUT2D eigenvalue weighted by Crippen LogP contribution is 2.40. The van der Waals surface area contributed by atoms with Crippen molar-refractivity contribution in [3.05, 3.63) is 34.7 Å². The third-order valence-electron chi connectivity index (χ3n) is 4.79. The lowest BCUT2D eigenvalue weighted by atomic mass is 10.0. The van der Waals surface area contributed by atoms with Crippen LogP contribution in [0.4, 0.5) is 34.6 Å². The van der Waals surface area contributed by atoms with E-state index in [2.05, 4.69) is 15.6 Å². The predicted molar refractivity (Wildman–Crippen MR) is 115 cm³/mol. The number of halogens is 3. The first-order valence-electron chi connectivity index (χ1n) is 9.58. The number of aromatic nitrogens is 1. The molecule has 0 spiro atoms. The summed E-state index contributed by atoms with van der Waals surface area (Å²) in [5, 5.41) is 5.68. The van der Waals surface area contributed by atoms with Crippen molar-refractivity contribution in [3.63, 3.8) is 0 Å². The minimum Gasteiger partial charge on any atom is -0.311 e. The number of alkyl halides is 3. The maximum Gasteiger partial charge on any atom is 0.417 e. The molecule has 0 atom stereocenters. The molecule has 5 amide bonds. The second-order valence-corrected chi connectivity index (χ2v) is 8.74. The highest BCUT2D eigenvalue weighted by Gasteiger charge is 2.52. The Labute approximate surface area is 190 Å². The second-order valence-electron chi connectivity index (χ2n) is 7.85. The number of nitrogens with zero attached hydrogens (tertiary/aromatic N) is 3. The van der Waals surface area contributed by atoms with Crippen molar-refractivity contribution in [1.29, 1.82) is 0 Å². The number of hydrogen-bond donors (Lipinski definition) is 2. The van der Waals surface area contributed by atoms with Gasteiger partial charge in [-0.3, -0.25) is 14.4 Å². The summed E-state index contributed by atoms with van der Waals surface area (Å²) < 4.78 is 39.0. The minimum absolute atomic E-state index is 0.115. The van der Waals surface area contributed by atoms with Gasteiger partial charge in [-0.05, 0) is 37.6 Å². The number of pyridine rings is 1. The molecule has 2 N–H and O–H groups in total. The molecule has 1 aliphatic rings. The van der Waals surface area contributed by atoms with Crippen molar-refractivity contribution in [1.82, 2.24) is 9.88 Å². The van der Waals surface area contributed by atoms with Crippen LogP contribution in [0.5, 0.6) is 0 Å². The first-order chi connectivity index (χ1) is 15.2. The number of amides is 5. The van der Waals surface area contributed by atoms with E-state index in [0.717, 1.165) is 16.3 Å². The zero-order valence-electron chi connectivity index (χ0n) is 18.0. The van der Waals surface area contributed by atoms with Crippen LogP contribution >= 0.6 is 11.3 Å². The van der Waals surface area contributed by atoms with Crippen LogP contribution < -0.4 is 15.5 Å². The normalized spacial score (nSPS) is 15.7. The van der Waals surface area contributed by atoms with Gasteiger partial charge < -0.3 is 15.5 Å². The molecule has 33 heavy (non-hydrogen) atoms. The van der Waals surface area contributed by atoms with Crippen molar-refractivity contribution in [2.24, 2.45) is 0 Å². The van der Waals surface area contributed by atoms with Gasteiger partial charge in [-0.15, -0.1) is 11.3 Å². The summed E-state index contributed by atoms with van der Waals surface area (Å²) in [5.41, 5.74) is -1.89. The van der Waals surface area contributed by atoms with Crippen LogP contribution in [0.1, 0.15) is 38.8 Å². The molecular formula is C20H20F3N5O4S. The first kappa shape index (κ1) is 24.2. The number of carbonyl (C=O) groups excluding carboxylic acids is 4. The molecule has 0 saturated carbocycles. The Hall–Kier alpha value is -3.48. The van der Waals surface area contributed by atoms with E-state index in [1.165, 1.54) is 44.7 Å². The molecular weight excluding hydrogens is 463 g/mol. The lowest BCUT2D eigenvalue weighted by molar-refractivity contribution is -0.137. The van der Waals surface area contributed by atoms with Gasteiger partial charge in [0.15, 0.2) is 0 Å². The summed E-state index contributed by atoms with van der Waals surface area (Å²) in [7, 11) is 0. The fourth-order valence-electron chi connectivity index (χ4n) is 3.24. The molecule has 0 aliphatic carbocycles. The quantitative estimate of drug-likeness (QED) is 0.628. The molecule has 1 aliphatic heterocycles. The van der Waals surface area contributed by atoms with Crippen molar-refractivity contribution < 1.29 is 32.3 Å². The summed E-state index contributed by atoms with van der Waals surface area (Å²) in [4.78, 5) is 55.0. The van der Waals surface area contributed by atoms with Gasteiger partial charge in [0.2, 0.25) is 11.8 Å². The van der Waals surface area contributed by atoms with Gasteiger partial charge in [0.25, 0.3) is 5.91 Å². The molecule has 0 radical (unpaired) electrons. The molecule has 2 aromatic heterocycles.